The van der Waals surface area contributed by atoms with Gasteiger partial charge in [0.1, 0.15) is 17.3 Å². The molecule has 65 heavy (non-hydrogen) atoms. The molecule has 0 fully saturated rings. The van der Waals surface area contributed by atoms with Crippen LogP contribution in [0.3, 0.4) is 0 Å². The van der Waals surface area contributed by atoms with Gasteiger partial charge in [-0.1, -0.05) is 139 Å². The van der Waals surface area contributed by atoms with Crippen LogP contribution in [-0.2, 0) is 37.3 Å². The molecule has 0 amide bonds. The van der Waals surface area contributed by atoms with E-state index in [1.165, 1.54) is 28.0 Å². The minimum atomic E-state index is -0.300. The number of nitrogens with zero attached hydrogens (tertiary/aromatic N) is 4. The van der Waals surface area contributed by atoms with E-state index in [2.05, 4.69) is 175 Å². The monoisotopic (exact) mass is 1030 g/mol. The number of rotatable bonds is 6. The van der Waals surface area contributed by atoms with Gasteiger partial charge in [-0.15, -0.1) is 23.6 Å². The van der Waals surface area contributed by atoms with E-state index < -0.39 is 0 Å². The molecule has 1 aliphatic heterocycles. The van der Waals surface area contributed by atoms with Crippen LogP contribution in [-0.4, -0.2) is 15.6 Å². The Labute approximate surface area is 395 Å². The summed E-state index contributed by atoms with van der Waals surface area (Å²) in [5, 5.41) is 4.01. The van der Waals surface area contributed by atoms with Gasteiger partial charge in [-0.25, -0.2) is 9.37 Å². The van der Waals surface area contributed by atoms with E-state index in [0.29, 0.717) is 11.5 Å². The van der Waals surface area contributed by atoms with Crippen LogP contribution >= 0.6 is 0 Å². The van der Waals surface area contributed by atoms with E-state index in [1.54, 1.807) is 12.1 Å². The van der Waals surface area contributed by atoms with E-state index in [9.17, 15) is 4.39 Å². The third kappa shape index (κ3) is 8.05. The number of para-hydroxylation sites is 1. The fourth-order valence-electron chi connectivity index (χ4n) is 8.75. The van der Waals surface area contributed by atoms with Gasteiger partial charge in [-0.2, -0.15) is 12.1 Å². The van der Waals surface area contributed by atoms with Crippen molar-refractivity contribution < 1.29 is 30.2 Å². The molecule has 0 saturated heterocycles. The summed E-state index contributed by atoms with van der Waals surface area (Å²) in [5.74, 6) is 1.45. The van der Waals surface area contributed by atoms with Crippen molar-refractivity contribution in [2.75, 3.05) is 0 Å². The summed E-state index contributed by atoms with van der Waals surface area (Å²) in [6, 6.07) is 58.3. The van der Waals surface area contributed by atoms with Crippen LogP contribution in [0.5, 0.6) is 11.5 Å². The number of aromatic nitrogens is 2. The van der Waals surface area contributed by atoms with Crippen LogP contribution in [0.25, 0.3) is 49.5 Å². The van der Waals surface area contributed by atoms with Crippen molar-refractivity contribution in [1.29, 1.82) is 0 Å². The Morgan fingerprint density at radius 3 is 2.02 bits per heavy atom. The SMILES string of the molecule is CC(C)(C)c1cc([N+]2=C=[N+](c3[c-]c(Oc4[c-]c5c(cc4)c4cc(F)ccc4n5-c4cc(C(C)(C)C)ccn4)ccc3)c3cccc(-c4cccc5ccccc45)c32)cc(C(C)(C)C)c1.[Pt+2]. The molecule has 7 aromatic carbocycles. The van der Waals surface area contributed by atoms with Crippen molar-refractivity contribution in [3.63, 3.8) is 0 Å². The first-order chi connectivity index (χ1) is 30.5. The average Bonchev–Trinajstić information content (AvgIpc) is 3.81. The summed E-state index contributed by atoms with van der Waals surface area (Å²) in [6.45, 7) is 20.2. The summed E-state index contributed by atoms with van der Waals surface area (Å²) in [7, 11) is 0. The van der Waals surface area contributed by atoms with Gasteiger partial charge in [0.25, 0.3) is 5.69 Å². The molecule has 0 aliphatic carbocycles. The number of hydrogen-bond donors (Lipinski definition) is 0. The minimum absolute atomic E-state index is 0. The quantitative estimate of drug-likeness (QED) is 0.123. The zero-order chi connectivity index (χ0) is 44.7. The molecule has 3 heterocycles. The van der Waals surface area contributed by atoms with Crippen molar-refractivity contribution >= 4 is 61.3 Å². The molecule has 1 aliphatic rings. The van der Waals surface area contributed by atoms with Crippen molar-refractivity contribution in [1.82, 2.24) is 18.7 Å². The second-order valence-corrected chi connectivity index (χ2v) is 20.0. The van der Waals surface area contributed by atoms with Crippen molar-refractivity contribution in [3.05, 3.63) is 180 Å². The Kier molecular flexibility index (Phi) is 10.9. The van der Waals surface area contributed by atoms with Crippen molar-refractivity contribution in [3.8, 4) is 28.4 Å². The molecule has 324 valence electrons. The Morgan fingerprint density at radius 1 is 0.585 bits per heavy atom. The van der Waals surface area contributed by atoms with Gasteiger partial charge in [0.2, 0.25) is 5.69 Å². The van der Waals surface area contributed by atoms with Crippen molar-refractivity contribution in [2.45, 2.75) is 78.6 Å². The molecule has 0 unspecified atom stereocenters. The van der Waals surface area contributed by atoms with Gasteiger partial charge in [0, 0.05) is 41.4 Å². The van der Waals surface area contributed by atoms with E-state index in [-0.39, 0.29) is 43.1 Å². The minimum Gasteiger partial charge on any atom is -0.509 e. The largest absolute Gasteiger partial charge is 2.00 e. The maximum absolute atomic E-state index is 14.8. The molecule has 7 heteroatoms. The van der Waals surface area contributed by atoms with Crippen LogP contribution in [0.15, 0.2) is 146 Å². The molecule has 0 radical (unpaired) electrons. The molecule has 0 N–H and O–H groups in total. The van der Waals surface area contributed by atoms with E-state index in [1.807, 2.05) is 47.2 Å². The number of fused-ring (bicyclic) bond motifs is 5. The van der Waals surface area contributed by atoms with Crippen LogP contribution in [0.4, 0.5) is 27.1 Å². The standard InChI is InChI=1S/C58H51FN4O.Pt/c1-56(2,3)38-27-28-60-54(32-38)63-51-26-23-41(59)33-50(51)48-25-24-45(35-53(48)63)64-44-18-13-17-42(34-44)61-36-62(43-30-39(57(4,5)6)29-40(31-43)58(7,8)9)55-49(21-14-22-52(55)61)47-20-12-16-37-15-10-11-19-46(37)47;/h10-33H,1-9H3;/q;+2. The molecule has 9 aromatic rings. The first kappa shape index (κ1) is 43.8. The predicted octanol–water partition coefficient (Wildman–Crippen LogP) is 15.3. The fourth-order valence-corrected chi connectivity index (χ4v) is 8.75. The number of hydrogen-bond acceptors (Lipinski definition) is 2. The predicted molar refractivity (Wildman–Crippen MR) is 263 cm³/mol. The van der Waals surface area contributed by atoms with Gasteiger partial charge in [-0.3, -0.25) is 0 Å². The van der Waals surface area contributed by atoms with E-state index >= 15 is 0 Å². The number of halogens is 1. The molecule has 0 bridgehead atoms. The van der Waals surface area contributed by atoms with Crippen LogP contribution in [0, 0.1) is 17.9 Å². The summed E-state index contributed by atoms with van der Waals surface area (Å²) in [4.78, 5) is 4.79. The second kappa shape index (κ2) is 16.2. The van der Waals surface area contributed by atoms with Gasteiger partial charge >= 0.3 is 32.8 Å². The Morgan fingerprint density at radius 2 is 1.26 bits per heavy atom. The van der Waals surface area contributed by atoms with Gasteiger partial charge in [0.15, 0.2) is 0 Å². The topological polar surface area (TPSA) is 33.1 Å². The Balaban J connectivity index is 0.00000533. The third-order valence-electron chi connectivity index (χ3n) is 12.3. The average molecular weight is 1030 g/mol. The first-order valence-electron chi connectivity index (χ1n) is 22.0. The second-order valence-electron chi connectivity index (χ2n) is 20.0. The van der Waals surface area contributed by atoms with Crippen LogP contribution in [0.2, 0.25) is 0 Å². The maximum atomic E-state index is 14.8. The summed E-state index contributed by atoms with van der Waals surface area (Å²) in [5.41, 5.74) is 11.1. The van der Waals surface area contributed by atoms with Gasteiger partial charge < -0.3 is 9.30 Å². The molecule has 10 rings (SSSR count). The number of benzene rings is 7. The third-order valence-corrected chi connectivity index (χ3v) is 12.3. The fraction of sp³-hybridized carbons (Fsp3) is 0.207. The summed E-state index contributed by atoms with van der Waals surface area (Å²) < 4.78 is 27.8. The Bertz CT molecular complexity index is 3390. The molecular formula is C58H51FN4OPt+2. The summed E-state index contributed by atoms with van der Waals surface area (Å²) in [6.07, 6.45) is 1.83. The molecule has 0 saturated carbocycles. The molecular weight excluding hydrogens is 983 g/mol. The Hall–Kier alpha value is -6.45. The van der Waals surface area contributed by atoms with Crippen LogP contribution in [0.1, 0.15) is 79.0 Å². The van der Waals surface area contributed by atoms with E-state index in [4.69, 9.17) is 9.72 Å². The van der Waals surface area contributed by atoms with E-state index in [0.717, 1.165) is 67.1 Å². The van der Waals surface area contributed by atoms with Gasteiger partial charge in [0.05, 0.1) is 5.56 Å². The molecule has 5 nitrogen and oxygen atoms in total. The normalized spacial score (nSPS) is 12.9. The first-order valence-corrected chi connectivity index (χ1v) is 22.0. The molecule has 0 atom stereocenters. The van der Waals surface area contributed by atoms with Crippen molar-refractivity contribution in [2.24, 2.45) is 0 Å². The molecule has 0 spiro atoms. The summed E-state index contributed by atoms with van der Waals surface area (Å²) >= 11 is 0. The number of ether oxygens (including phenoxy) is 1. The maximum Gasteiger partial charge on any atom is 2.00 e. The van der Waals surface area contributed by atoms with Crippen LogP contribution < -0.4 is 13.9 Å². The molecule has 2 aromatic heterocycles. The zero-order valence-corrected chi connectivity index (χ0v) is 40.5. The zero-order valence-electron chi connectivity index (χ0n) is 38.2. The smallest absolute Gasteiger partial charge is 0.509 e. The van der Waals surface area contributed by atoms with Gasteiger partial charge in [-0.05, 0) is 95.6 Å². The number of pyridine rings is 1.